The Kier molecular flexibility index (Phi) is 14.5. The Balaban J connectivity index is 1.25. The average molecular weight is 612 g/mol. The van der Waals surface area contributed by atoms with Gasteiger partial charge >= 0.3 is 0 Å². The first-order valence-electron chi connectivity index (χ1n) is 16.7. The predicted octanol–water partition coefficient (Wildman–Crippen LogP) is 10.6. The van der Waals surface area contributed by atoms with Gasteiger partial charge < -0.3 is 18.6 Å². The number of nitrogens with zero attached hydrogens (tertiary/aromatic N) is 3. The number of aromatic nitrogens is 2. The Morgan fingerprint density at radius 1 is 0.622 bits per heavy atom. The SMILES string of the molecule is CCCCCCCCOc1ccc(-c2nnc(-c3ccc(N=Cc4ccc(OCCCCCCCC)c(OC)c4)cc3)o2)cc1. The molecule has 3 aromatic carbocycles. The third-order valence-electron chi connectivity index (χ3n) is 7.71. The van der Waals surface area contributed by atoms with Crippen LogP contribution in [0.2, 0.25) is 0 Å². The van der Waals surface area contributed by atoms with Gasteiger partial charge in [-0.3, -0.25) is 4.99 Å². The van der Waals surface area contributed by atoms with Gasteiger partial charge in [-0.2, -0.15) is 0 Å². The van der Waals surface area contributed by atoms with Crippen LogP contribution in [0.1, 0.15) is 96.5 Å². The number of methoxy groups -OCH3 is 1. The van der Waals surface area contributed by atoms with Crippen molar-refractivity contribution >= 4 is 11.9 Å². The number of ether oxygens (including phenoxy) is 3. The van der Waals surface area contributed by atoms with Gasteiger partial charge in [0.05, 0.1) is 26.0 Å². The number of unbranched alkanes of at least 4 members (excludes halogenated alkanes) is 10. The zero-order valence-corrected chi connectivity index (χ0v) is 27.3. The fourth-order valence-electron chi connectivity index (χ4n) is 5.01. The van der Waals surface area contributed by atoms with Gasteiger partial charge in [0, 0.05) is 17.3 Å². The smallest absolute Gasteiger partial charge is 0.248 e. The van der Waals surface area contributed by atoms with Crippen LogP contribution in [0.4, 0.5) is 5.69 Å². The van der Waals surface area contributed by atoms with Gasteiger partial charge in [0.25, 0.3) is 0 Å². The molecule has 0 radical (unpaired) electrons. The largest absolute Gasteiger partial charge is 0.494 e. The van der Waals surface area contributed by atoms with Crippen LogP contribution in [0.15, 0.2) is 76.1 Å². The van der Waals surface area contributed by atoms with E-state index < -0.39 is 0 Å². The van der Waals surface area contributed by atoms with Crippen molar-refractivity contribution in [2.45, 2.75) is 90.9 Å². The van der Waals surface area contributed by atoms with Crippen LogP contribution in [0.5, 0.6) is 17.2 Å². The summed E-state index contributed by atoms with van der Waals surface area (Å²) in [7, 11) is 1.66. The van der Waals surface area contributed by atoms with Crippen LogP contribution < -0.4 is 14.2 Å². The summed E-state index contributed by atoms with van der Waals surface area (Å²) in [5.41, 5.74) is 3.44. The van der Waals surface area contributed by atoms with Crippen molar-refractivity contribution in [3.8, 4) is 40.2 Å². The summed E-state index contributed by atoms with van der Waals surface area (Å²) in [6.07, 6.45) is 16.7. The molecule has 7 nitrogen and oxygen atoms in total. The second-order valence-corrected chi connectivity index (χ2v) is 11.4. The standard InChI is InChI=1S/C38H49N3O4/c1-4-6-8-10-12-14-26-43-34-23-19-32(20-24-34)38-41-40-37(45-38)31-17-21-33(22-18-31)39-29-30-16-25-35(36(28-30)42-3)44-27-15-13-11-9-7-5-2/h16-25,28-29H,4-15,26-27H2,1-3H3. The zero-order chi connectivity index (χ0) is 31.5. The van der Waals surface area contributed by atoms with Gasteiger partial charge in [0.2, 0.25) is 11.8 Å². The Morgan fingerprint density at radius 2 is 1.18 bits per heavy atom. The first-order valence-corrected chi connectivity index (χ1v) is 16.7. The van der Waals surface area contributed by atoms with Gasteiger partial charge in [-0.15, -0.1) is 10.2 Å². The second-order valence-electron chi connectivity index (χ2n) is 11.4. The Labute approximate surface area is 269 Å². The highest BCUT2D eigenvalue weighted by Crippen LogP contribution is 2.29. The first-order chi connectivity index (χ1) is 22.2. The molecule has 0 unspecified atom stereocenters. The number of benzene rings is 3. The van der Waals surface area contributed by atoms with E-state index in [1.165, 1.54) is 64.2 Å². The molecule has 0 aliphatic heterocycles. The summed E-state index contributed by atoms with van der Waals surface area (Å²) >= 11 is 0. The van der Waals surface area contributed by atoms with Crippen LogP contribution in [-0.2, 0) is 0 Å². The second kappa shape index (κ2) is 19.3. The van der Waals surface area contributed by atoms with Crippen LogP contribution in [0.3, 0.4) is 0 Å². The highest BCUT2D eigenvalue weighted by molar-refractivity contribution is 5.83. The normalized spacial score (nSPS) is 11.3. The van der Waals surface area contributed by atoms with Crippen molar-refractivity contribution in [3.63, 3.8) is 0 Å². The molecule has 7 heteroatoms. The Morgan fingerprint density at radius 3 is 1.78 bits per heavy atom. The molecule has 0 fully saturated rings. The van der Waals surface area contributed by atoms with E-state index in [9.17, 15) is 0 Å². The third-order valence-corrected chi connectivity index (χ3v) is 7.71. The lowest BCUT2D eigenvalue weighted by molar-refractivity contribution is 0.284. The van der Waals surface area contributed by atoms with Crippen LogP contribution >= 0.6 is 0 Å². The highest BCUT2D eigenvalue weighted by Gasteiger charge is 2.11. The van der Waals surface area contributed by atoms with Gasteiger partial charge in [-0.05, 0) is 85.1 Å². The van der Waals surface area contributed by atoms with Crippen molar-refractivity contribution < 1.29 is 18.6 Å². The number of rotatable bonds is 21. The fraction of sp³-hybridized carbons (Fsp3) is 0.447. The third kappa shape index (κ3) is 11.4. The summed E-state index contributed by atoms with van der Waals surface area (Å²) in [4.78, 5) is 4.63. The molecule has 1 aromatic heterocycles. The van der Waals surface area contributed by atoms with Gasteiger partial charge in [0.15, 0.2) is 11.5 Å². The molecule has 0 atom stereocenters. The van der Waals surface area contributed by atoms with E-state index >= 15 is 0 Å². The molecule has 0 saturated carbocycles. The van der Waals surface area contributed by atoms with Crippen molar-refractivity contribution in [1.82, 2.24) is 10.2 Å². The Bertz CT molecular complexity index is 1410. The molecule has 0 spiro atoms. The Hall–Kier alpha value is -4.13. The van der Waals surface area contributed by atoms with Gasteiger partial charge in [-0.1, -0.05) is 78.1 Å². The van der Waals surface area contributed by atoms with E-state index in [4.69, 9.17) is 18.6 Å². The maximum Gasteiger partial charge on any atom is 0.248 e. The lowest BCUT2D eigenvalue weighted by Gasteiger charge is -2.11. The summed E-state index contributed by atoms with van der Waals surface area (Å²) in [6, 6.07) is 21.4. The van der Waals surface area contributed by atoms with E-state index in [0.717, 1.165) is 53.3 Å². The molecule has 0 bridgehead atoms. The van der Waals surface area contributed by atoms with E-state index in [1.54, 1.807) is 7.11 Å². The molecule has 4 aromatic rings. The van der Waals surface area contributed by atoms with Gasteiger partial charge in [-0.25, -0.2) is 0 Å². The molecule has 45 heavy (non-hydrogen) atoms. The van der Waals surface area contributed by atoms with Crippen molar-refractivity contribution in [2.24, 2.45) is 4.99 Å². The maximum atomic E-state index is 5.98. The molecule has 240 valence electrons. The predicted molar refractivity (Wildman–Crippen MR) is 183 cm³/mol. The lowest BCUT2D eigenvalue weighted by atomic mass is 10.1. The highest BCUT2D eigenvalue weighted by atomic mass is 16.5. The van der Waals surface area contributed by atoms with Crippen LogP contribution in [-0.4, -0.2) is 36.7 Å². The van der Waals surface area contributed by atoms with Crippen LogP contribution in [0.25, 0.3) is 22.9 Å². The molecule has 1 heterocycles. The summed E-state index contributed by atoms with van der Waals surface area (Å²) in [6.45, 7) is 5.92. The monoisotopic (exact) mass is 611 g/mol. The lowest BCUT2D eigenvalue weighted by Crippen LogP contribution is -2.00. The number of hydrogen-bond acceptors (Lipinski definition) is 7. The van der Waals surface area contributed by atoms with E-state index in [1.807, 2.05) is 72.9 Å². The molecular weight excluding hydrogens is 562 g/mol. The summed E-state index contributed by atoms with van der Waals surface area (Å²) in [5, 5.41) is 8.51. The number of hydrogen-bond donors (Lipinski definition) is 0. The molecule has 4 rings (SSSR count). The van der Waals surface area contributed by atoms with Crippen LogP contribution in [0, 0.1) is 0 Å². The molecule has 0 aliphatic rings. The first kappa shape index (κ1) is 33.8. The average Bonchev–Trinajstić information content (AvgIpc) is 3.58. The van der Waals surface area contributed by atoms with E-state index in [0.29, 0.717) is 24.1 Å². The molecule has 0 N–H and O–H groups in total. The zero-order valence-electron chi connectivity index (χ0n) is 27.3. The maximum absolute atomic E-state index is 5.98. The minimum atomic E-state index is 0.463. The summed E-state index contributed by atoms with van der Waals surface area (Å²) < 4.78 is 23.4. The van der Waals surface area contributed by atoms with E-state index in [2.05, 4.69) is 29.0 Å². The minimum Gasteiger partial charge on any atom is -0.494 e. The van der Waals surface area contributed by atoms with Crippen molar-refractivity contribution in [2.75, 3.05) is 20.3 Å². The topological polar surface area (TPSA) is 79.0 Å². The van der Waals surface area contributed by atoms with Crippen molar-refractivity contribution in [1.29, 1.82) is 0 Å². The van der Waals surface area contributed by atoms with Crippen molar-refractivity contribution in [3.05, 3.63) is 72.3 Å². The van der Waals surface area contributed by atoms with Gasteiger partial charge in [0.1, 0.15) is 5.75 Å². The molecular formula is C38H49N3O4. The molecule has 0 amide bonds. The minimum absolute atomic E-state index is 0.463. The van der Waals surface area contributed by atoms with E-state index in [-0.39, 0.29) is 0 Å². The quantitative estimate of drug-likeness (QED) is 0.0689. The fourth-order valence-corrected chi connectivity index (χ4v) is 5.01. The molecule has 0 saturated heterocycles. The number of aliphatic imine (C=N–C) groups is 1. The summed E-state index contributed by atoms with van der Waals surface area (Å²) in [5.74, 6) is 3.27. The molecule has 0 aliphatic carbocycles.